The van der Waals surface area contributed by atoms with Gasteiger partial charge in [0.25, 0.3) is 0 Å². The zero-order valence-corrected chi connectivity index (χ0v) is 65.7. The lowest BCUT2D eigenvalue weighted by Gasteiger charge is -2.32. The van der Waals surface area contributed by atoms with Crippen LogP contribution in [-0.4, -0.2) is 223 Å². The number of carboxylic acid groups (broad SMARTS) is 1. The number of phenols is 1. The van der Waals surface area contributed by atoms with Crippen LogP contribution in [0.3, 0.4) is 0 Å². The molecule has 0 unspecified atom stereocenters. The highest BCUT2D eigenvalue weighted by atomic mass is 16.4. The third-order valence-electron chi connectivity index (χ3n) is 18.7. The Bertz CT molecular complexity index is 3400. The number of nitrogens with zero attached hydrogens (tertiary/aromatic N) is 3. The molecular formula is C75H126N22O15. The summed E-state index contributed by atoms with van der Waals surface area (Å²) in [6.07, 6.45) is 3.69. The highest BCUT2D eigenvalue weighted by molar-refractivity contribution is 5.99. The molecule has 1 saturated heterocycles. The van der Waals surface area contributed by atoms with Crippen molar-refractivity contribution in [2.24, 2.45) is 73.6 Å². The number of aliphatic carboxylic acids is 1. The summed E-state index contributed by atoms with van der Waals surface area (Å²) in [6, 6.07) is 0.631. The molecule has 0 aromatic heterocycles. The minimum atomic E-state index is -1.42. The molecule has 2 aromatic rings. The minimum absolute atomic E-state index is 0.00337. The van der Waals surface area contributed by atoms with Gasteiger partial charge in [0.2, 0.25) is 70.9 Å². The molecule has 12 atom stereocenters. The number of amides is 12. The Morgan fingerprint density at radius 1 is 0.473 bits per heavy atom. The third kappa shape index (κ3) is 36.7. The molecule has 0 spiro atoms. The molecule has 0 radical (unpaired) electrons. The van der Waals surface area contributed by atoms with Gasteiger partial charge in [-0.25, -0.2) is 4.79 Å². The van der Waals surface area contributed by atoms with Gasteiger partial charge in [0.15, 0.2) is 11.9 Å². The van der Waals surface area contributed by atoms with Gasteiger partial charge in [0.05, 0.1) is 19.1 Å². The van der Waals surface area contributed by atoms with Crippen LogP contribution in [0.2, 0.25) is 0 Å². The molecule has 12 amide bonds. The second-order valence-electron chi connectivity index (χ2n) is 29.1. The number of hydrogen-bond acceptors (Lipinski definition) is 20. The molecule has 3 rings (SSSR count). The molecule has 626 valence electrons. The number of unbranched alkanes of at least 4 members (excludes halogenated alkanes) is 3. The molecule has 1 aliphatic rings. The maximum absolute atomic E-state index is 15.0. The number of aliphatic imine (C=N–C) groups is 2. The molecule has 1 fully saturated rings. The molecule has 0 aliphatic carbocycles. The number of hydrogen-bond donors (Lipinski definition) is 21. The van der Waals surface area contributed by atoms with Crippen molar-refractivity contribution in [1.82, 2.24) is 63.4 Å². The van der Waals surface area contributed by atoms with Crippen LogP contribution in [0.4, 0.5) is 0 Å². The summed E-state index contributed by atoms with van der Waals surface area (Å²) in [5.74, 6) is -11.9. The van der Waals surface area contributed by atoms with E-state index in [1.165, 1.54) is 17.0 Å². The Morgan fingerprint density at radius 2 is 0.902 bits per heavy atom. The fraction of sp³-hybridized carbons (Fsp3) is 0.640. The first-order valence-electron chi connectivity index (χ1n) is 38.8. The van der Waals surface area contributed by atoms with Crippen LogP contribution in [0, 0.1) is 17.8 Å². The van der Waals surface area contributed by atoms with Gasteiger partial charge in [-0.15, -0.1) is 0 Å². The van der Waals surface area contributed by atoms with E-state index in [1.54, 1.807) is 70.2 Å². The second kappa shape index (κ2) is 52.1. The average molecular weight is 1580 g/mol. The van der Waals surface area contributed by atoms with Crippen molar-refractivity contribution in [3.63, 3.8) is 0 Å². The van der Waals surface area contributed by atoms with Crippen LogP contribution in [-0.2, 0) is 75.2 Å². The van der Waals surface area contributed by atoms with E-state index in [2.05, 4.69) is 68.5 Å². The topological polar surface area (TPSA) is 631 Å². The van der Waals surface area contributed by atoms with E-state index < -0.39 is 162 Å². The van der Waals surface area contributed by atoms with Gasteiger partial charge in [-0.05, 0) is 176 Å². The highest BCUT2D eigenvalue weighted by Crippen LogP contribution is 2.22. The van der Waals surface area contributed by atoms with E-state index in [0.717, 1.165) is 0 Å². The van der Waals surface area contributed by atoms with Crippen molar-refractivity contribution >= 4 is 88.8 Å². The number of guanidine groups is 2. The fourth-order valence-electron chi connectivity index (χ4n) is 12.4. The van der Waals surface area contributed by atoms with E-state index in [0.29, 0.717) is 69.0 Å². The smallest absolute Gasteiger partial charge is 0.326 e. The summed E-state index contributed by atoms with van der Waals surface area (Å²) in [5.41, 5.74) is 47.3. The quantitative estimate of drug-likeness (QED) is 0.0176. The van der Waals surface area contributed by atoms with Crippen molar-refractivity contribution in [2.45, 2.75) is 236 Å². The van der Waals surface area contributed by atoms with E-state index in [-0.39, 0.29) is 139 Å². The van der Waals surface area contributed by atoms with E-state index in [9.17, 15) is 67.7 Å². The SMILES string of the molecule is CC[C@H](C)[C@H](NC(=O)[C@H](CCCCN)NC(=O)[C@H](CCCN=C(N)N)NC(=O)[C@H](CC(C)C)NC(=O)[C@H](Cc1ccccc1)NC(=O)CNC(=O)CNC(=O)[C@@H](N)Cc1ccc(O)cc1)C(=O)N[C@@H](CCCN=C(N)N)C(=O)N1CCC[C@H]1C(=O)N[C@@H](CCCCN)C(=O)N[C@@H](CC(C)C)C(=O)N[C@@H](CCCCN)C(=O)O. The number of likely N-dealkylation sites (tertiary alicyclic amines) is 1. The first-order chi connectivity index (χ1) is 53.2. The summed E-state index contributed by atoms with van der Waals surface area (Å²) in [6.45, 7) is 10.4. The molecule has 0 saturated carbocycles. The average Bonchev–Trinajstić information content (AvgIpc) is 1.77. The summed E-state index contributed by atoms with van der Waals surface area (Å²) >= 11 is 0. The summed E-state index contributed by atoms with van der Waals surface area (Å²) in [4.78, 5) is 192. The standard InChI is InChI=1S/C75H126N22O15/c1-7-46(6)62(71(109)92-54(26-18-36-85-75(82)83)72(110)97-37-19-27-59(97)70(108)91-51(22-11-14-32-76)65(103)94-57(39-45(4)5)68(106)93-55(73(111)112)24-13-16-34-78)96-66(104)52(23-12-15-33-77)89-64(102)53(25-17-35-84-74(80)81)90-67(105)56(38-44(2)3)95-69(107)58(41-47-20-9-8-10-21-47)88-61(100)43-86-60(99)42-87-63(101)50(79)40-48-28-30-49(98)31-29-48/h8-10,20-21,28-31,44-46,50-59,62,98H,7,11-19,22-27,32-43,76-79H2,1-6H3,(H,86,99)(H,87,101)(H,88,100)(H,89,102)(H,90,105)(H,91,108)(H,92,109)(H,93,106)(H,94,103)(H,95,107)(H,96,104)(H,111,112)(H4,80,81,84)(H4,82,83,85)/t46-,50-,51-,52-,53-,54-,55-,56-,57-,58-,59-,62-/m0/s1. The normalized spacial score (nSPS) is 15.5. The third-order valence-corrected chi connectivity index (χ3v) is 18.7. The monoisotopic (exact) mass is 1570 g/mol. The number of carbonyl (C=O) groups is 13. The molecule has 2 aromatic carbocycles. The number of carbonyl (C=O) groups excluding carboxylic acids is 12. The first-order valence-corrected chi connectivity index (χ1v) is 38.8. The Hall–Kier alpha value is -10.3. The largest absolute Gasteiger partial charge is 0.508 e. The maximum Gasteiger partial charge on any atom is 0.326 e. The second-order valence-corrected chi connectivity index (χ2v) is 29.1. The van der Waals surface area contributed by atoms with Crippen LogP contribution in [0.5, 0.6) is 5.75 Å². The Labute approximate surface area is 655 Å². The first kappa shape index (κ1) is 95.9. The van der Waals surface area contributed by atoms with E-state index >= 15 is 4.79 Å². The number of benzene rings is 2. The van der Waals surface area contributed by atoms with Crippen molar-refractivity contribution < 1.29 is 72.5 Å². The lowest BCUT2D eigenvalue weighted by Crippen LogP contribution is -2.61. The minimum Gasteiger partial charge on any atom is -0.508 e. The Balaban J connectivity index is 1.94. The number of phenolic OH excluding ortho intramolecular Hbond substituents is 1. The Kier molecular flexibility index (Phi) is 44.6. The zero-order valence-electron chi connectivity index (χ0n) is 65.7. The summed E-state index contributed by atoms with van der Waals surface area (Å²) in [5, 5.41) is 49.0. The van der Waals surface area contributed by atoms with Crippen molar-refractivity contribution in [3.8, 4) is 5.75 Å². The van der Waals surface area contributed by atoms with Crippen molar-refractivity contribution in [3.05, 3.63) is 65.7 Å². The summed E-state index contributed by atoms with van der Waals surface area (Å²) < 4.78 is 0. The molecule has 1 heterocycles. The van der Waals surface area contributed by atoms with Crippen molar-refractivity contribution in [1.29, 1.82) is 0 Å². The molecule has 29 N–H and O–H groups in total. The zero-order chi connectivity index (χ0) is 83.4. The predicted octanol–water partition coefficient (Wildman–Crippen LogP) is -3.19. The van der Waals surface area contributed by atoms with Gasteiger partial charge in [-0.1, -0.05) is 90.4 Å². The van der Waals surface area contributed by atoms with Crippen LogP contribution < -0.4 is 104 Å². The Morgan fingerprint density at radius 3 is 1.39 bits per heavy atom. The van der Waals surface area contributed by atoms with Gasteiger partial charge >= 0.3 is 5.97 Å². The van der Waals surface area contributed by atoms with Crippen LogP contribution in [0.15, 0.2) is 64.6 Å². The van der Waals surface area contributed by atoms with Crippen LogP contribution in [0.25, 0.3) is 0 Å². The van der Waals surface area contributed by atoms with Crippen LogP contribution >= 0.6 is 0 Å². The molecule has 0 bridgehead atoms. The number of nitrogens with two attached hydrogens (primary N) is 8. The molecule has 37 nitrogen and oxygen atoms in total. The number of nitrogens with one attached hydrogen (secondary N) is 11. The fourth-order valence-corrected chi connectivity index (χ4v) is 12.4. The molecule has 1 aliphatic heterocycles. The van der Waals surface area contributed by atoms with Gasteiger partial charge in [-0.2, -0.15) is 0 Å². The lowest BCUT2D eigenvalue weighted by atomic mass is 9.96. The van der Waals surface area contributed by atoms with Gasteiger partial charge in [-0.3, -0.25) is 67.5 Å². The van der Waals surface area contributed by atoms with Gasteiger partial charge < -0.3 is 119 Å². The van der Waals surface area contributed by atoms with E-state index in [4.69, 9.17) is 45.9 Å². The summed E-state index contributed by atoms with van der Waals surface area (Å²) in [7, 11) is 0. The molecule has 37 heteroatoms. The van der Waals surface area contributed by atoms with Crippen LogP contribution in [0.1, 0.15) is 168 Å². The van der Waals surface area contributed by atoms with E-state index in [1.807, 2.05) is 13.8 Å². The van der Waals surface area contributed by atoms with Crippen molar-refractivity contribution in [2.75, 3.05) is 52.4 Å². The van der Waals surface area contributed by atoms with Gasteiger partial charge in [0, 0.05) is 26.1 Å². The number of carboxylic acids is 1. The number of rotatable bonds is 54. The highest BCUT2D eigenvalue weighted by Gasteiger charge is 2.42. The molecular weight excluding hydrogens is 1450 g/mol. The molecule has 112 heavy (non-hydrogen) atoms. The van der Waals surface area contributed by atoms with Gasteiger partial charge in [0.1, 0.15) is 66.2 Å². The maximum atomic E-state index is 15.0. The lowest BCUT2D eigenvalue weighted by molar-refractivity contribution is -0.143. The number of aromatic hydroxyl groups is 1. The predicted molar refractivity (Wildman–Crippen MR) is 423 cm³/mol.